The topological polar surface area (TPSA) is 178 Å². The average molecular weight is 859 g/mol. The summed E-state index contributed by atoms with van der Waals surface area (Å²) in [4.78, 5) is 63.8. The third-order valence-electron chi connectivity index (χ3n) is 11.0. The van der Waals surface area contributed by atoms with Gasteiger partial charge in [0.05, 0.1) is 37.5 Å². The molecular weight excluding hydrogens is 810 g/mol. The fraction of sp³-hybridized carbons (Fsp3) is 0.409. The summed E-state index contributed by atoms with van der Waals surface area (Å²) in [6, 6.07) is 14.9. The van der Waals surface area contributed by atoms with Crippen LogP contribution in [0.2, 0.25) is 0 Å². The van der Waals surface area contributed by atoms with Gasteiger partial charge in [-0.05, 0) is 73.9 Å². The zero-order valence-corrected chi connectivity index (χ0v) is 34.3. The summed E-state index contributed by atoms with van der Waals surface area (Å²) < 4.78 is 54.0. The van der Waals surface area contributed by atoms with Crippen molar-refractivity contribution in [3.63, 3.8) is 0 Å². The highest BCUT2D eigenvalue weighted by Crippen LogP contribution is 2.35. The minimum atomic E-state index is -4.45. The predicted octanol–water partition coefficient (Wildman–Crippen LogP) is 5.24. The fourth-order valence-electron chi connectivity index (χ4n) is 7.85. The Morgan fingerprint density at radius 2 is 1.61 bits per heavy atom. The molecule has 18 heteroatoms. The van der Waals surface area contributed by atoms with Gasteiger partial charge in [0.1, 0.15) is 6.04 Å². The predicted molar refractivity (Wildman–Crippen MR) is 224 cm³/mol. The second-order valence-electron chi connectivity index (χ2n) is 15.3. The monoisotopic (exact) mass is 858 g/mol. The average Bonchev–Trinajstić information content (AvgIpc) is 3.89. The number of benzene rings is 3. The quantitative estimate of drug-likeness (QED) is 0.0603. The van der Waals surface area contributed by atoms with E-state index < -0.39 is 23.7 Å². The lowest BCUT2D eigenvalue weighted by Crippen LogP contribution is -2.52. The van der Waals surface area contributed by atoms with Crippen molar-refractivity contribution in [3.05, 3.63) is 89.1 Å². The Morgan fingerprint density at radius 3 is 2.35 bits per heavy atom. The molecule has 4 N–H and O–H groups in total. The zero-order chi connectivity index (χ0) is 43.8. The van der Waals surface area contributed by atoms with Gasteiger partial charge in [-0.1, -0.05) is 18.9 Å². The lowest BCUT2D eigenvalue weighted by molar-refractivity contribution is -0.138. The number of carbonyl (C=O) groups excluding carboxylic acids is 5. The summed E-state index contributed by atoms with van der Waals surface area (Å²) in [6.45, 7) is 2.91. The second kappa shape index (κ2) is 19.6. The number of rotatable bonds is 20. The van der Waals surface area contributed by atoms with Crippen molar-refractivity contribution in [1.82, 2.24) is 35.2 Å². The van der Waals surface area contributed by atoms with Gasteiger partial charge in [0.15, 0.2) is 5.65 Å². The summed E-state index contributed by atoms with van der Waals surface area (Å²) >= 11 is 0. The number of unbranched alkanes of at least 4 members (excludes halogenated alkanes) is 3. The molecule has 5 aromatic rings. The van der Waals surface area contributed by atoms with Crippen molar-refractivity contribution in [2.75, 3.05) is 51.4 Å². The van der Waals surface area contributed by atoms with E-state index in [0.717, 1.165) is 59.8 Å². The largest absolute Gasteiger partial charge is 0.416 e. The molecule has 2 aromatic heterocycles. The number of hydrogen-bond donors (Lipinski definition) is 4. The number of ether oxygens (including phenoxy) is 2. The van der Waals surface area contributed by atoms with Gasteiger partial charge in [-0.2, -0.15) is 18.3 Å². The molecule has 0 bridgehead atoms. The molecule has 1 fully saturated rings. The van der Waals surface area contributed by atoms with E-state index in [1.165, 1.54) is 12.1 Å². The number of imide groups is 1. The molecule has 0 radical (unpaired) electrons. The number of carbonyl (C=O) groups is 5. The molecule has 1 atom stereocenters. The van der Waals surface area contributed by atoms with Gasteiger partial charge in [0, 0.05) is 91.1 Å². The van der Waals surface area contributed by atoms with Crippen LogP contribution in [-0.2, 0) is 43.6 Å². The van der Waals surface area contributed by atoms with Crippen LogP contribution in [0.5, 0.6) is 0 Å². The Labute approximate surface area is 355 Å². The Bertz CT molecular complexity index is 2450. The van der Waals surface area contributed by atoms with Crippen LogP contribution < -0.4 is 21.3 Å². The lowest BCUT2D eigenvalue weighted by atomic mass is 10.0. The van der Waals surface area contributed by atoms with Crippen molar-refractivity contribution in [3.8, 4) is 5.69 Å². The molecule has 2 aliphatic rings. The maximum Gasteiger partial charge on any atom is 0.416 e. The SMILES string of the molecule is Cn1cc2c3cc(C(=O)NCCOCCOCCNC(=O)CCCCCCNc4cccc5c4CN(C4CCC(=O)NC4=O)C5=O)ccc3n(-c3ccc(C(F)(F)F)cc3)c2n1. The Morgan fingerprint density at radius 1 is 0.871 bits per heavy atom. The fourth-order valence-corrected chi connectivity index (χ4v) is 7.85. The standard InChI is InChI=1S/C44H49F3N8O7/c1-53-26-34-32-25-28(10-15-36(32)55(40(34)52-53)30-13-11-29(12-14-30)44(45,46)47)41(58)50-20-22-62-24-23-61-21-19-49-38(56)9-4-2-3-5-18-48-35-8-6-7-31-33(35)27-54(43(31)60)37-16-17-39(57)51-42(37)59/h6-8,10-15,25-26,37,48H,2-5,9,16-24,27H2,1H3,(H,49,56)(H,50,58)(H,51,57,59). The van der Waals surface area contributed by atoms with Crippen LogP contribution in [0.3, 0.4) is 0 Å². The number of piperidine rings is 1. The molecule has 4 heterocycles. The molecule has 7 rings (SSSR count). The first-order chi connectivity index (χ1) is 29.9. The van der Waals surface area contributed by atoms with E-state index in [9.17, 15) is 37.1 Å². The van der Waals surface area contributed by atoms with E-state index in [2.05, 4.69) is 26.4 Å². The first-order valence-corrected chi connectivity index (χ1v) is 20.8. The minimum Gasteiger partial charge on any atom is -0.385 e. The summed E-state index contributed by atoms with van der Waals surface area (Å²) in [5.74, 6) is -1.28. The smallest absolute Gasteiger partial charge is 0.385 e. The number of amides is 5. The van der Waals surface area contributed by atoms with Crippen LogP contribution in [0.25, 0.3) is 27.6 Å². The van der Waals surface area contributed by atoms with Crippen LogP contribution in [-0.4, -0.2) is 101 Å². The van der Waals surface area contributed by atoms with Crippen molar-refractivity contribution in [2.24, 2.45) is 7.05 Å². The highest BCUT2D eigenvalue weighted by Gasteiger charge is 2.40. The second-order valence-corrected chi connectivity index (χ2v) is 15.3. The van der Waals surface area contributed by atoms with E-state index in [-0.39, 0.29) is 43.2 Å². The Kier molecular flexibility index (Phi) is 13.9. The van der Waals surface area contributed by atoms with Crippen LogP contribution in [0, 0.1) is 0 Å². The van der Waals surface area contributed by atoms with E-state index in [4.69, 9.17) is 9.47 Å². The van der Waals surface area contributed by atoms with Gasteiger partial charge >= 0.3 is 6.18 Å². The lowest BCUT2D eigenvalue weighted by Gasteiger charge is -2.29. The molecule has 328 valence electrons. The number of aryl methyl sites for hydroxylation is 1. The van der Waals surface area contributed by atoms with Gasteiger partial charge in [0.25, 0.3) is 11.8 Å². The summed E-state index contributed by atoms with van der Waals surface area (Å²) in [5, 5.41) is 17.5. The molecule has 62 heavy (non-hydrogen) atoms. The number of alkyl halides is 3. The number of anilines is 1. The number of halogens is 3. The first kappa shape index (κ1) is 43.8. The third-order valence-corrected chi connectivity index (χ3v) is 11.0. The van der Waals surface area contributed by atoms with Crippen molar-refractivity contribution in [2.45, 2.75) is 63.7 Å². The highest BCUT2D eigenvalue weighted by molar-refractivity contribution is 6.10. The maximum atomic E-state index is 13.2. The molecule has 0 spiro atoms. The summed E-state index contributed by atoms with van der Waals surface area (Å²) in [5.41, 5.74) is 3.75. The van der Waals surface area contributed by atoms with Crippen LogP contribution in [0.4, 0.5) is 18.9 Å². The zero-order valence-electron chi connectivity index (χ0n) is 34.3. The van der Waals surface area contributed by atoms with Gasteiger partial charge < -0.3 is 30.3 Å². The summed E-state index contributed by atoms with van der Waals surface area (Å²) in [6.07, 6.45) is 1.79. The molecule has 3 aromatic carbocycles. The third kappa shape index (κ3) is 10.2. The normalized spacial score (nSPS) is 15.3. The molecule has 1 unspecified atom stereocenters. The Balaban J connectivity index is 0.721. The molecule has 15 nitrogen and oxygen atoms in total. The molecular formula is C44H49F3N8O7. The van der Waals surface area contributed by atoms with Crippen LogP contribution >= 0.6 is 0 Å². The van der Waals surface area contributed by atoms with Gasteiger partial charge in [-0.3, -0.25) is 38.5 Å². The van der Waals surface area contributed by atoms with Crippen LogP contribution in [0.1, 0.15) is 76.8 Å². The van der Waals surface area contributed by atoms with Gasteiger partial charge in [-0.15, -0.1) is 0 Å². The number of fused-ring (bicyclic) bond motifs is 4. The molecule has 2 aliphatic heterocycles. The number of hydrogen-bond acceptors (Lipinski definition) is 9. The van der Waals surface area contributed by atoms with Gasteiger partial charge in [-0.25, -0.2) is 0 Å². The number of aromatic nitrogens is 3. The number of nitrogens with one attached hydrogen (secondary N) is 4. The molecule has 0 aliphatic carbocycles. The summed E-state index contributed by atoms with van der Waals surface area (Å²) in [7, 11) is 1.75. The van der Waals surface area contributed by atoms with Crippen molar-refractivity contribution in [1.29, 1.82) is 0 Å². The van der Waals surface area contributed by atoms with E-state index in [1.807, 2.05) is 12.1 Å². The molecule has 0 saturated carbocycles. The maximum absolute atomic E-state index is 13.2. The van der Waals surface area contributed by atoms with Crippen LogP contribution in [0.15, 0.2) is 66.9 Å². The van der Waals surface area contributed by atoms with Crippen molar-refractivity contribution < 1.29 is 46.6 Å². The Hall–Kier alpha value is -6.27. The van der Waals surface area contributed by atoms with E-state index >= 15 is 0 Å². The highest BCUT2D eigenvalue weighted by atomic mass is 19.4. The molecule has 1 saturated heterocycles. The van der Waals surface area contributed by atoms with E-state index in [0.29, 0.717) is 80.3 Å². The minimum absolute atomic E-state index is 0.0375. The van der Waals surface area contributed by atoms with Gasteiger partial charge in [0.2, 0.25) is 17.7 Å². The number of nitrogens with zero attached hydrogens (tertiary/aromatic N) is 4. The van der Waals surface area contributed by atoms with E-state index in [1.54, 1.807) is 51.7 Å². The van der Waals surface area contributed by atoms with Crippen molar-refractivity contribution >= 4 is 57.2 Å². The molecule has 5 amide bonds. The first-order valence-electron chi connectivity index (χ1n) is 20.8.